The Bertz CT molecular complexity index is 522. The smallest absolute Gasteiger partial charge is 0.304 e. The lowest BCUT2D eigenvalue weighted by molar-refractivity contribution is -0.137. The predicted octanol–water partition coefficient (Wildman–Crippen LogP) is 2.70. The van der Waals surface area contributed by atoms with Crippen LogP contribution >= 0.6 is 11.3 Å². The number of hydrogen-bond donors (Lipinski definition) is 1. The molecule has 0 aliphatic heterocycles. The van der Waals surface area contributed by atoms with Gasteiger partial charge in [0, 0.05) is 18.5 Å². The molecule has 0 radical (unpaired) electrons. The van der Waals surface area contributed by atoms with Crippen molar-refractivity contribution >= 4 is 17.3 Å². The highest BCUT2D eigenvalue weighted by Gasteiger charge is 2.11. The van der Waals surface area contributed by atoms with Crippen molar-refractivity contribution in [1.82, 2.24) is 9.88 Å². The van der Waals surface area contributed by atoms with Crippen LogP contribution in [-0.2, 0) is 11.3 Å². The van der Waals surface area contributed by atoms with Gasteiger partial charge in [-0.05, 0) is 18.7 Å². The molecule has 2 aromatic heterocycles. The summed E-state index contributed by atoms with van der Waals surface area (Å²) in [7, 11) is 0. The lowest BCUT2D eigenvalue weighted by Gasteiger charge is -2.17. The van der Waals surface area contributed by atoms with Crippen molar-refractivity contribution in [3.8, 4) is 10.8 Å². The minimum atomic E-state index is -0.770. The molecular formula is C13H16N2O3S. The first-order chi connectivity index (χ1) is 9.19. The van der Waals surface area contributed by atoms with Gasteiger partial charge in [0.25, 0.3) is 0 Å². The first kappa shape index (κ1) is 13.8. The Labute approximate surface area is 115 Å². The summed E-state index contributed by atoms with van der Waals surface area (Å²) < 4.78 is 5.30. The fourth-order valence-corrected chi connectivity index (χ4v) is 2.50. The molecule has 0 spiro atoms. The summed E-state index contributed by atoms with van der Waals surface area (Å²) in [6, 6.07) is 3.71. The van der Waals surface area contributed by atoms with E-state index in [1.54, 1.807) is 6.26 Å². The van der Waals surface area contributed by atoms with Gasteiger partial charge in [-0.25, -0.2) is 4.98 Å². The summed E-state index contributed by atoms with van der Waals surface area (Å²) in [6.45, 7) is 4.03. The second-order valence-electron chi connectivity index (χ2n) is 4.13. The molecule has 2 heterocycles. The van der Waals surface area contributed by atoms with Crippen molar-refractivity contribution in [2.75, 3.05) is 13.1 Å². The number of carboxylic acids is 1. The maximum absolute atomic E-state index is 10.6. The molecule has 0 amide bonds. The SMILES string of the molecule is CCN(CCC(=O)O)Cc1csc(-c2ccco2)n1. The number of nitrogens with zero attached hydrogens (tertiary/aromatic N) is 2. The molecule has 0 fully saturated rings. The van der Waals surface area contributed by atoms with Gasteiger partial charge in [0.2, 0.25) is 0 Å². The summed E-state index contributed by atoms with van der Waals surface area (Å²) in [4.78, 5) is 17.1. The quantitative estimate of drug-likeness (QED) is 0.844. The summed E-state index contributed by atoms with van der Waals surface area (Å²) in [5.74, 6) is -0.00200. The van der Waals surface area contributed by atoms with Gasteiger partial charge in [-0.2, -0.15) is 0 Å². The Kier molecular flexibility index (Phi) is 4.70. The number of carbonyl (C=O) groups is 1. The average Bonchev–Trinajstić information content (AvgIpc) is 3.04. The van der Waals surface area contributed by atoms with Gasteiger partial charge < -0.3 is 9.52 Å². The lowest BCUT2D eigenvalue weighted by atomic mass is 10.3. The molecule has 19 heavy (non-hydrogen) atoms. The Hall–Kier alpha value is -1.66. The standard InChI is InChI=1S/C13H16N2O3S/c1-2-15(6-5-12(16)17)8-10-9-19-13(14-10)11-4-3-7-18-11/h3-4,7,9H,2,5-6,8H2,1H3,(H,16,17). The topological polar surface area (TPSA) is 66.6 Å². The Morgan fingerprint density at radius 3 is 3.05 bits per heavy atom. The van der Waals surface area contributed by atoms with Gasteiger partial charge in [-0.3, -0.25) is 9.69 Å². The molecule has 0 aromatic carbocycles. The largest absolute Gasteiger partial charge is 0.481 e. The van der Waals surface area contributed by atoms with Crippen LogP contribution in [0.15, 0.2) is 28.2 Å². The molecule has 0 unspecified atom stereocenters. The third-order valence-corrected chi connectivity index (χ3v) is 3.66. The van der Waals surface area contributed by atoms with Crippen LogP contribution in [0.2, 0.25) is 0 Å². The molecule has 102 valence electrons. The second-order valence-corrected chi connectivity index (χ2v) is 4.99. The van der Waals surface area contributed by atoms with Gasteiger partial charge in [-0.15, -0.1) is 11.3 Å². The monoisotopic (exact) mass is 280 g/mol. The zero-order chi connectivity index (χ0) is 13.7. The molecule has 2 rings (SSSR count). The summed E-state index contributed by atoms with van der Waals surface area (Å²) in [5.41, 5.74) is 0.948. The minimum absolute atomic E-state index is 0.156. The van der Waals surface area contributed by atoms with E-state index in [-0.39, 0.29) is 6.42 Å². The number of aromatic nitrogens is 1. The molecule has 1 N–H and O–H groups in total. The van der Waals surface area contributed by atoms with E-state index in [2.05, 4.69) is 9.88 Å². The van der Waals surface area contributed by atoms with E-state index >= 15 is 0 Å². The third kappa shape index (κ3) is 3.90. The minimum Gasteiger partial charge on any atom is -0.481 e. The van der Waals surface area contributed by atoms with Gasteiger partial charge in [0.1, 0.15) is 0 Å². The number of furan rings is 1. The van der Waals surface area contributed by atoms with E-state index in [9.17, 15) is 4.79 Å². The molecular weight excluding hydrogens is 264 g/mol. The van der Waals surface area contributed by atoms with E-state index in [0.717, 1.165) is 23.0 Å². The molecule has 6 heteroatoms. The van der Waals surface area contributed by atoms with E-state index in [1.165, 1.54) is 11.3 Å². The van der Waals surface area contributed by atoms with Crippen LogP contribution in [0.3, 0.4) is 0 Å². The first-order valence-electron chi connectivity index (χ1n) is 6.11. The first-order valence-corrected chi connectivity index (χ1v) is 6.99. The van der Waals surface area contributed by atoms with Gasteiger partial charge in [-0.1, -0.05) is 6.92 Å². The van der Waals surface area contributed by atoms with Crippen molar-refractivity contribution in [2.45, 2.75) is 19.9 Å². The van der Waals surface area contributed by atoms with Crippen LogP contribution in [0.1, 0.15) is 19.0 Å². The Morgan fingerprint density at radius 1 is 1.58 bits per heavy atom. The zero-order valence-electron chi connectivity index (χ0n) is 10.7. The van der Waals surface area contributed by atoms with E-state index in [1.807, 2.05) is 24.4 Å². The summed E-state index contributed by atoms with van der Waals surface area (Å²) in [6.07, 6.45) is 1.78. The van der Waals surface area contributed by atoms with Crippen LogP contribution < -0.4 is 0 Å². The maximum Gasteiger partial charge on any atom is 0.304 e. The van der Waals surface area contributed by atoms with Crippen LogP contribution in [0.25, 0.3) is 10.8 Å². The molecule has 0 bridgehead atoms. The Morgan fingerprint density at radius 2 is 2.42 bits per heavy atom. The average molecular weight is 280 g/mol. The fourth-order valence-electron chi connectivity index (χ4n) is 1.72. The highest BCUT2D eigenvalue weighted by molar-refractivity contribution is 7.13. The second kappa shape index (κ2) is 6.49. The van der Waals surface area contributed by atoms with Crippen LogP contribution in [0, 0.1) is 0 Å². The van der Waals surface area contributed by atoms with Crippen molar-refractivity contribution in [2.24, 2.45) is 0 Å². The van der Waals surface area contributed by atoms with Gasteiger partial charge in [0.05, 0.1) is 18.4 Å². The Balaban J connectivity index is 1.96. The number of rotatable bonds is 7. The summed E-state index contributed by atoms with van der Waals surface area (Å²) >= 11 is 1.54. The van der Waals surface area contributed by atoms with Crippen molar-refractivity contribution in [1.29, 1.82) is 0 Å². The van der Waals surface area contributed by atoms with Crippen LogP contribution in [-0.4, -0.2) is 34.0 Å². The number of carboxylic acid groups (broad SMARTS) is 1. The fraction of sp³-hybridized carbons (Fsp3) is 0.385. The van der Waals surface area contributed by atoms with Crippen LogP contribution in [0.4, 0.5) is 0 Å². The molecule has 0 atom stereocenters. The van der Waals surface area contributed by atoms with E-state index in [4.69, 9.17) is 9.52 Å². The zero-order valence-corrected chi connectivity index (χ0v) is 11.5. The molecule has 0 saturated carbocycles. The van der Waals surface area contributed by atoms with E-state index < -0.39 is 5.97 Å². The van der Waals surface area contributed by atoms with Crippen molar-refractivity contribution < 1.29 is 14.3 Å². The van der Waals surface area contributed by atoms with Crippen molar-refractivity contribution in [3.63, 3.8) is 0 Å². The van der Waals surface area contributed by atoms with Gasteiger partial charge >= 0.3 is 5.97 Å². The number of hydrogen-bond acceptors (Lipinski definition) is 5. The van der Waals surface area contributed by atoms with Crippen molar-refractivity contribution in [3.05, 3.63) is 29.5 Å². The van der Waals surface area contributed by atoms with Gasteiger partial charge in [0.15, 0.2) is 10.8 Å². The third-order valence-electron chi connectivity index (χ3n) is 2.76. The highest BCUT2D eigenvalue weighted by Crippen LogP contribution is 2.24. The lowest BCUT2D eigenvalue weighted by Crippen LogP contribution is -2.25. The molecule has 0 saturated heterocycles. The number of aliphatic carboxylic acids is 1. The maximum atomic E-state index is 10.6. The summed E-state index contributed by atoms with van der Waals surface area (Å²) in [5, 5.41) is 11.5. The predicted molar refractivity (Wildman–Crippen MR) is 73.0 cm³/mol. The molecule has 0 aliphatic carbocycles. The molecule has 5 nitrogen and oxygen atoms in total. The normalized spacial score (nSPS) is 11.1. The molecule has 0 aliphatic rings. The highest BCUT2D eigenvalue weighted by atomic mass is 32.1. The van der Waals surface area contributed by atoms with Crippen LogP contribution in [0.5, 0.6) is 0 Å². The number of thiazole rings is 1. The molecule has 2 aromatic rings. The van der Waals surface area contributed by atoms with E-state index in [0.29, 0.717) is 13.1 Å².